The molecule has 0 saturated carbocycles. The Morgan fingerprint density at radius 2 is 2.40 bits per heavy atom. The lowest BCUT2D eigenvalue weighted by atomic mass is 10.0. The number of methoxy groups -OCH3 is 1. The molecule has 3 atom stereocenters. The van der Waals surface area contributed by atoms with Gasteiger partial charge in [0.15, 0.2) is 0 Å². The van der Waals surface area contributed by atoms with E-state index in [4.69, 9.17) is 15.2 Å². The minimum Gasteiger partial charge on any atom is -0.380 e. The molecule has 90 valence electrons. The molecule has 1 aliphatic heterocycles. The van der Waals surface area contributed by atoms with Crippen LogP contribution >= 0.6 is 0 Å². The molecule has 1 fully saturated rings. The molecule has 1 heterocycles. The van der Waals surface area contributed by atoms with Crippen LogP contribution in [0.1, 0.15) is 19.8 Å². The predicted molar refractivity (Wildman–Crippen MR) is 60.9 cm³/mol. The molecule has 0 spiro atoms. The third-order valence-corrected chi connectivity index (χ3v) is 3.18. The lowest BCUT2D eigenvalue weighted by Crippen LogP contribution is -2.31. The summed E-state index contributed by atoms with van der Waals surface area (Å²) in [6, 6.07) is 0. The zero-order valence-electron chi connectivity index (χ0n) is 9.87. The van der Waals surface area contributed by atoms with Crippen LogP contribution in [-0.4, -0.2) is 45.6 Å². The van der Waals surface area contributed by atoms with E-state index in [1.54, 1.807) is 7.11 Å². The van der Waals surface area contributed by atoms with Gasteiger partial charge in [0.2, 0.25) is 0 Å². The highest BCUT2D eigenvalue weighted by Gasteiger charge is 2.23. The molecule has 0 bridgehead atoms. The highest BCUT2D eigenvalue weighted by Crippen LogP contribution is 2.19. The summed E-state index contributed by atoms with van der Waals surface area (Å²) in [5, 5.41) is 3.44. The van der Waals surface area contributed by atoms with Crippen LogP contribution in [0, 0.1) is 5.92 Å². The van der Waals surface area contributed by atoms with E-state index in [0.29, 0.717) is 18.6 Å². The van der Waals surface area contributed by atoms with E-state index in [1.807, 2.05) is 0 Å². The van der Waals surface area contributed by atoms with E-state index >= 15 is 0 Å². The first-order valence-electron chi connectivity index (χ1n) is 5.83. The highest BCUT2D eigenvalue weighted by atomic mass is 16.5. The van der Waals surface area contributed by atoms with Crippen molar-refractivity contribution in [3.05, 3.63) is 0 Å². The van der Waals surface area contributed by atoms with Gasteiger partial charge < -0.3 is 20.5 Å². The maximum Gasteiger partial charge on any atom is 0.0705 e. The van der Waals surface area contributed by atoms with Gasteiger partial charge in [-0.25, -0.2) is 0 Å². The fourth-order valence-corrected chi connectivity index (χ4v) is 1.93. The molecule has 1 rings (SSSR count). The Balaban J connectivity index is 2.01. The van der Waals surface area contributed by atoms with E-state index in [-0.39, 0.29) is 6.10 Å². The van der Waals surface area contributed by atoms with Gasteiger partial charge in [0.25, 0.3) is 0 Å². The molecule has 0 aromatic heterocycles. The molecule has 0 aromatic carbocycles. The average molecular weight is 216 g/mol. The average Bonchev–Trinajstić information content (AvgIpc) is 2.65. The van der Waals surface area contributed by atoms with Crippen LogP contribution in [0.25, 0.3) is 0 Å². The standard InChI is InChI=1S/C11H24N2O2/c1-9-10(4-6-15-9)8-13-5-3-11(7-12)14-2/h9-11,13H,3-8,12H2,1-2H3. The second-order valence-electron chi connectivity index (χ2n) is 4.21. The Kier molecular flexibility index (Phi) is 6.17. The minimum atomic E-state index is 0.190. The summed E-state index contributed by atoms with van der Waals surface area (Å²) in [4.78, 5) is 0. The summed E-state index contributed by atoms with van der Waals surface area (Å²) < 4.78 is 10.7. The van der Waals surface area contributed by atoms with Gasteiger partial charge in [-0.05, 0) is 32.2 Å². The van der Waals surface area contributed by atoms with E-state index in [2.05, 4.69) is 12.2 Å². The fraction of sp³-hybridized carbons (Fsp3) is 1.00. The molecule has 4 heteroatoms. The molecular formula is C11H24N2O2. The van der Waals surface area contributed by atoms with Crippen molar-refractivity contribution in [1.29, 1.82) is 0 Å². The van der Waals surface area contributed by atoms with Crippen molar-refractivity contribution in [2.24, 2.45) is 11.7 Å². The van der Waals surface area contributed by atoms with E-state index in [0.717, 1.165) is 26.1 Å². The molecule has 3 unspecified atom stereocenters. The van der Waals surface area contributed by atoms with Crippen LogP contribution in [0.15, 0.2) is 0 Å². The van der Waals surface area contributed by atoms with Crippen LogP contribution in [0.4, 0.5) is 0 Å². The molecule has 3 N–H and O–H groups in total. The number of nitrogens with two attached hydrogens (primary N) is 1. The van der Waals surface area contributed by atoms with Crippen molar-refractivity contribution in [1.82, 2.24) is 5.32 Å². The first-order valence-corrected chi connectivity index (χ1v) is 5.83. The zero-order valence-corrected chi connectivity index (χ0v) is 9.87. The molecule has 1 aliphatic rings. The summed E-state index contributed by atoms with van der Waals surface area (Å²) in [6.07, 6.45) is 2.76. The van der Waals surface area contributed by atoms with E-state index in [9.17, 15) is 0 Å². The van der Waals surface area contributed by atoms with Gasteiger partial charge in [-0.1, -0.05) is 0 Å². The van der Waals surface area contributed by atoms with Crippen LogP contribution in [0.2, 0.25) is 0 Å². The second kappa shape index (κ2) is 7.17. The molecule has 0 radical (unpaired) electrons. The monoisotopic (exact) mass is 216 g/mol. The highest BCUT2D eigenvalue weighted by molar-refractivity contribution is 4.74. The Bertz CT molecular complexity index is 163. The summed E-state index contributed by atoms with van der Waals surface area (Å²) in [6.45, 7) is 5.68. The lowest BCUT2D eigenvalue weighted by Gasteiger charge is -2.16. The van der Waals surface area contributed by atoms with Crippen molar-refractivity contribution < 1.29 is 9.47 Å². The van der Waals surface area contributed by atoms with E-state index < -0.39 is 0 Å². The van der Waals surface area contributed by atoms with Crippen LogP contribution in [0.3, 0.4) is 0 Å². The van der Waals surface area contributed by atoms with Crippen LogP contribution < -0.4 is 11.1 Å². The normalized spacial score (nSPS) is 28.2. The smallest absolute Gasteiger partial charge is 0.0705 e. The van der Waals surface area contributed by atoms with Crippen molar-refractivity contribution in [3.63, 3.8) is 0 Å². The molecule has 1 saturated heterocycles. The Morgan fingerprint density at radius 3 is 2.93 bits per heavy atom. The first kappa shape index (κ1) is 12.9. The Hall–Kier alpha value is -0.160. The third kappa shape index (κ3) is 4.47. The molecule has 0 aliphatic carbocycles. The van der Waals surface area contributed by atoms with E-state index in [1.165, 1.54) is 6.42 Å². The van der Waals surface area contributed by atoms with Crippen LogP contribution in [-0.2, 0) is 9.47 Å². The van der Waals surface area contributed by atoms with Gasteiger partial charge in [-0.2, -0.15) is 0 Å². The number of nitrogens with one attached hydrogen (secondary N) is 1. The number of hydrogen-bond donors (Lipinski definition) is 2. The first-order chi connectivity index (χ1) is 7.27. The maximum absolute atomic E-state index is 5.54. The SMILES string of the molecule is COC(CN)CCNCC1CCOC1C. The lowest BCUT2D eigenvalue weighted by molar-refractivity contribution is 0.0977. The summed E-state index contributed by atoms with van der Waals surface area (Å²) >= 11 is 0. The van der Waals surface area contributed by atoms with Crippen molar-refractivity contribution >= 4 is 0 Å². The van der Waals surface area contributed by atoms with Gasteiger partial charge in [0, 0.05) is 26.8 Å². The second-order valence-corrected chi connectivity index (χ2v) is 4.21. The van der Waals surface area contributed by atoms with Crippen LogP contribution in [0.5, 0.6) is 0 Å². The molecule has 0 amide bonds. The zero-order chi connectivity index (χ0) is 11.1. The summed E-state index contributed by atoms with van der Waals surface area (Å²) in [7, 11) is 1.71. The topological polar surface area (TPSA) is 56.5 Å². The molecule has 4 nitrogen and oxygen atoms in total. The van der Waals surface area contributed by atoms with Crippen molar-refractivity contribution in [2.75, 3.05) is 33.4 Å². The molecule has 15 heavy (non-hydrogen) atoms. The fourth-order valence-electron chi connectivity index (χ4n) is 1.93. The number of ether oxygens (including phenoxy) is 2. The van der Waals surface area contributed by atoms with Gasteiger partial charge in [0.05, 0.1) is 12.2 Å². The summed E-state index contributed by atoms with van der Waals surface area (Å²) in [5.41, 5.74) is 5.54. The number of hydrogen-bond acceptors (Lipinski definition) is 4. The minimum absolute atomic E-state index is 0.190. The summed E-state index contributed by atoms with van der Waals surface area (Å²) in [5.74, 6) is 0.670. The van der Waals surface area contributed by atoms with Gasteiger partial charge >= 0.3 is 0 Å². The quantitative estimate of drug-likeness (QED) is 0.604. The van der Waals surface area contributed by atoms with Gasteiger partial charge in [-0.15, -0.1) is 0 Å². The number of rotatable bonds is 7. The largest absolute Gasteiger partial charge is 0.380 e. The predicted octanol–water partition coefficient (Wildman–Crippen LogP) is 0.365. The molecular weight excluding hydrogens is 192 g/mol. The van der Waals surface area contributed by atoms with Crippen molar-refractivity contribution in [2.45, 2.75) is 32.0 Å². The Morgan fingerprint density at radius 1 is 1.60 bits per heavy atom. The maximum atomic E-state index is 5.54. The van der Waals surface area contributed by atoms with Gasteiger partial charge in [0.1, 0.15) is 0 Å². The van der Waals surface area contributed by atoms with Crippen molar-refractivity contribution in [3.8, 4) is 0 Å². The molecule has 0 aromatic rings. The van der Waals surface area contributed by atoms with Gasteiger partial charge in [-0.3, -0.25) is 0 Å². The Labute approximate surface area is 92.5 Å². The third-order valence-electron chi connectivity index (χ3n) is 3.18.